The molecule has 0 unspecified atom stereocenters. The molecule has 0 saturated carbocycles. The van der Waals surface area contributed by atoms with E-state index in [0.29, 0.717) is 5.56 Å². The Morgan fingerprint density at radius 1 is 1.53 bits per heavy atom. The predicted octanol–water partition coefficient (Wildman–Crippen LogP) is 0.0818. The van der Waals surface area contributed by atoms with Gasteiger partial charge in [0.05, 0.1) is 6.61 Å². The summed E-state index contributed by atoms with van der Waals surface area (Å²) >= 11 is 0. The molecular weight excluding hydrogens is 226 g/mol. The van der Waals surface area contributed by atoms with Crippen molar-refractivity contribution in [1.82, 2.24) is 0 Å². The van der Waals surface area contributed by atoms with Crippen LogP contribution in [-0.4, -0.2) is 29.7 Å². The van der Waals surface area contributed by atoms with Gasteiger partial charge in [0, 0.05) is 11.5 Å². The van der Waals surface area contributed by atoms with E-state index in [1.165, 1.54) is 24.3 Å². The number of carbonyl (C=O) groups excluding carboxylic acids is 1. The molecule has 6 heteroatoms. The standard InChI is InChI=1S/C11H12BFO4/c1-2-17-11(14)6-4-8-3-5-10(13)9(7-8)12(15)16/h3-7,15-16H,2H2,1H3/b6-4+. The highest BCUT2D eigenvalue weighted by Crippen LogP contribution is 2.04. The second-order valence-electron chi connectivity index (χ2n) is 3.24. The third-order valence-electron chi connectivity index (χ3n) is 2.00. The van der Waals surface area contributed by atoms with Crippen molar-refractivity contribution in [1.29, 1.82) is 0 Å². The first kappa shape index (κ1) is 13.4. The zero-order valence-corrected chi connectivity index (χ0v) is 9.26. The molecule has 0 saturated heterocycles. The van der Waals surface area contributed by atoms with Crippen molar-refractivity contribution in [2.75, 3.05) is 6.61 Å². The van der Waals surface area contributed by atoms with Crippen LogP contribution in [0.5, 0.6) is 0 Å². The molecule has 90 valence electrons. The maximum Gasteiger partial charge on any atom is 0.491 e. The first-order valence-electron chi connectivity index (χ1n) is 5.05. The predicted molar refractivity (Wildman–Crippen MR) is 61.9 cm³/mol. The van der Waals surface area contributed by atoms with Crippen LogP contribution in [0, 0.1) is 5.82 Å². The van der Waals surface area contributed by atoms with Gasteiger partial charge in [-0.3, -0.25) is 0 Å². The highest BCUT2D eigenvalue weighted by atomic mass is 19.1. The van der Waals surface area contributed by atoms with Crippen LogP contribution < -0.4 is 5.46 Å². The molecular formula is C11H12BFO4. The van der Waals surface area contributed by atoms with Crippen LogP contribution in [0.25, 0.3) is 6.08 Å². The molecule has 0 amide bonds. The second-order valence-corrected chi connectivity index (χ2v) is 3.24. The maximum absolute atomic E-state index is 13.1. The highest BCUT2D eigenvalue weighted by Gasteiger charge is 2.16. The lowest BCUT2D eigenvalue weighted by Gasteiger charge is -2.02. The van der Waals surface area contributed by atoms with Crippen LogP contribution in [0.4, 0.5) is 4.39 Å². The molecule has 0 bridgehead atoms. The van der Waals surface area contributed by atoms with Crippen LogP contribution in [-0.2, 0) is 9.53 Å². The molecule has 0 aliphatic carbocycles. The van der Waals surface area contributed by atoms with Crippen LogP contribution in [0.3, 0.4) is 0 Å². The minimum atomic E-state index is -1.88. The summed E-state index contributed by atoms with van der Waals surface area (Å²) in [5.41, 5.74) is 0.235. The lowest BCUT2D eigenvalue weighted by molar-refractivity contribution is -0.137. The van der Waals surface area contributed by atoms with Crippen molar-refractivity contribution in [3.05, 3.63) is 35.7 Å². The zero-order chi connectivity index (χ0) is 12.8. The minimum Gasteiger partial charge on any atom is -0.463 e. The first-order valence-corrected chi connectivity index (χ1v) is 5.05. The van der Waals surface area contributed by atoms with Gasteiger partial charge in [0.2, 0.25) is 0 Å². The van der Waals surface area contributed by atoms with E-state index in [9.17, 15) is 9.18 Å². The Hall–Kier alpha value is -1.66. The molecule has 0 atom stereocenters. The summed E-state index contributed by atoms with van der Waals surface area (Å²) in [4.78, 5) is 11.0. The number of benzene rings is 1. The Morgan fingerprint density at radius 2 is 2.24 bits per heavy atom. The molecule has 1 aromatic rings. The quantitative estimate of drug-likeness (QED) is 0.443. The van der Waals surface area contributed by atoms with Crippen molar-refractivity contribution < 1.29 is 24.0 Å². The molecule has 1 aromatic carbocycles. The first-order chi connectivity index (χ1) is 8.04. The topological polar surface area (TPSA) is 66.8 Å². The highest BCUT2D eigenvalue weighted by molar-refractivity contribution is 6.58. The van der Waals surface area contributed by atoms with E-state index >= 15 is 0 Å². The molecule has 0 aliphatic heterocycles. The van der Waals surface area contributed by atoms with Gasteiger partial charge in [0.1, 0.15) is 5.82 Å². The van der Waals surface area contributed by atoms with Crippen LogP contribution in [0.1, 0.15) is 12.5 Å². The second kappa shape index (κ2) is 6.17. The summed E-state index contributed by atoms with van der Waals surface area (Å²) in [7, 11) is -1.88. The molecule has 1 rings (SSSR count). The minimum absolute atomic E-state index is 0.240. The normalized spacial score (nSPS) is 10.6. The van der Waals surface area contributed by atoms with E-state index in [4.69, 9.17) is 10.0 Å². The molecule has 0 aromatic heterocycles. The number of hydrogen-bond donors (Lipinski definition) is 2. The summed E-state index contributed by atoms with van der Waals surface area (Å²) in [5, 5.41) is 17.8. The summed E-state index contributed by atoms with van der Waals surface area (Å²) in [6.07, 6.45) is 2.59. The van der Waals surface area contributed by atoms with Gasteiger partial charge in [-0.25, -0.2) is 9.18 Å². The van der Waals surface area contributed by atoms with Crippen LogP contribution in [0.15, 0.2) is 24.3 Å². The van der Waals surface area contributed by atoms with E-state index in [0.717, 1.165) is 6.07 Å². The van der Waals surface area contributed by atoms with Gasteiger partial charge in [0.15, 0.2) is 0 Å². The SMILES string of the molecule is CCOC(=O)/C=C/c1ccc(F)c(B(O)O)c1. The molecule has 0 aliphatic rings. The van der Waals surface area contributed by atoms with E-state index in [1.54, 1.807) is 6.92 Å². The average molecular weight is 238 g/mol. The van der Waals surface area contributed by atoms with Gasteiger partial charge < -0.3 is 14.8 Å². The summed E-state index contributed by atoms with van der Waals surface area (Å²) in [6.45, 7) is 1.96. The van der Waals surface area contributed by atoms with Crippen molar-refractivity contribution in [3.63, 3.8) is 0 Å². The maximum atomic E-state index is 13.1. The third-order valence-corrected chi connectivity index (χ3v) is 2.00. The van der Waals surface area contributed by atoms with Gasteiger partial charge in [0.25, 0.3) is 0 Å². The lowest BCUT2D eigenvalue weighted by Crippen LogP contribution is -2.32. The molecule has 0 spiro atoms. The fraction of sp³-hybridized carbons (Fsp3) is 0.182. The van der Waals surface area contributed by atoms with E-state index in [2.05, 4.69) is 4.74 Å². The lowest BCUT2D eigenvalue weighted by atomic mass is 9.79. The summed E-state index contributed by atoms with van der Waals surface area (Å²) < 4.78 is 17.8. The van der Waals surface area contributed by atoms with Gasteiger partial charge in [-0.05, 0) is 24.6 Å². The molecule has 4 nitrogen and oxygen atoms in total. The summed E-state index contributed by atoms with van der Waals surface area (Å²) in [5.74, 6) is -1.23. The Bertz CT molecular complexity index is 431. The van der Waals surface area contributed by atoms with E-state index < -0.39 is 18.9 Å². The number of ether oxygens (including phenoxy) is 1. The molecule has 0 heterocycles. The van der Waals surface area contributed by atoms with E-state index in [-0.39, 0.29) is 12.1 Å². The van der Waals surface area contributed by atoms with Crippen LogP contribution in [0.2, 0.25) is 0 Å². The van der Waals surface area contributed by atoms with Gasteiger partial charge >= 0.3 is 13.1 Å². The van der Waals surface area contributed by atoms with Gasteiger partial charge in [-0.2, -0.15) is 0 Å². The molecule has 0 radical (unpaired) electrons. The zero-order valence-electron chi connectivity index (χ0n) is 9.26. The van der Waals surface area contributed by atoms with Crippen molar-refractivity contribution in [3.8, 4) is 0 Å². The Kier molecular flexibility index (Phi) is 4.87. The average Bonchev–Trinajstić information content (AvgIpc) is 2.28. The fourth-order valence-electron chi connectivity index (χ4n) is 1.22. The fourth-order valence-corrected chi connectivity index (χ4v) is 1.22. The van der Waals surface area contributed by atoms with Gasteiger partial charge in [-0.15, -0.1) is 0 Å². The molecule has 17 heavy (non-hydrogen) atoms. The smallest absolute Gasteiger partial charge is 0.463 e. The Morgan fingerprint density at radius 3 is 2.82 bits per heavy atom. The number of rotatable bonds is 4. The molecule has 2 N–H and O–H groups in total. The van der Waals surface area contributed by atoms with Crippen molar-refractivity contribution in [2.24, 2.45) is 0 Å². The molecule has 0 fully saturated rings. The third kappa shape index (κ3) is 4.01. The van der Waals surface area contributed by atoms with Crippen molar-refractivity contribution in [2.45, 2.75) is 6.92 Å². The Labute approximate surface area is 98.5 Å². The van der Waals surface area contributed by atoms with Crippen LogP contribution >= 0.6 is 0 Å². The largest absolute Gasteiger partial charge is 0.491 e. The number of carbonyl (C=O) groups is 1. The number of hydrogen-bond acceptors (Lipinski definition) is 4. The number of esters is 1. The van der Waals surface area contributed by atoms with E-state index in [1.807, 2.05) is 0 Å². The summed E-state index contributed by atoms with van der Waals surface area (Å²) in [6, 6.07) is 3.76. The van der Waals surface area contributed by atoms with Gasteiger partial charge in [-0.1, -0.05) is 12.1 Å². The number of halogens is 1. The Balaban J connectivity index is 2.86. The monoisotopic (exact) mass is 238 g/mol. The van der Waals surface area contributed by atoms with Crippen molar-refractivity contribution >= 4 is 24.6 Å².